The van der Waals surface area contributed by atoms with Crippen molar-refractivity contribution in [3.05, 3.63) is 65.7 Å². The van der Waals surface area contributed by atoms with Crippen LogP contribution >= 0.6 is 0 Å². The zero-order chi connectivity index (χ0) is 22.7. The number of Topliss-reactive ketones (excluding diaryl/α,β-unsaturated/α-hetero) is 1. The first-order chi connectivity index (χ1) is 15.5. The molecule has 1 heterocycles. The lowest BCUT2D eigenvalue weighted by Crippen LogP contribution is -2.62. The Labute approximate surface area is 187 Å². The number of imide groups is 2. The van der Waals surface area contributed by atoms with E-state index in [0.29, 0.717) is 16.8 Å². The van der Waals surface area contributed by atoms with Crippen molar-refractivity contribution >= 4 is 29.3 Å². The van der Waals surface area contributed by atoms with Crippen LogP contribution in [-0.2, 0) is 9.59 Å². The molecule has 0 bridgehead atoms. The molecule has 1 aliphatic heterocycles. The van der Waals surface area contributed by atoms with Crippen LogP contribution < -0.4 is 11.1 Å². The Morgan fingerprint density at radius 2 is 1.62 bits per heavy atom. The number of nitrogens with two attached hydrogens (primary N) is 1. The lowest BCUT2D eigenvalue weighted by Gasteiger charge is -2.39. The second kappa shape index (κ2) is 9.34. The van der Waals surface area contributed by atoms with Crippen LogP contribution in [0, 0.1) is 5.92 Å². The van der Waals surface area contributed by atoms with Gasteiger partial charge < -0.3 is 5.73 Å². The molecule has 0 aromatic heterocycles. The highest BCUT2D eigenvalue weighted by Crippen LogP contribution is 2.35. The van der Waals surface area contributed by atoms with E-state index in [1.54, 1.807) is 48.5 Å². The molecule has 1 saturated carbocycles. The van der Waals surface area contributed by atoms with Gasteiger partial charge >= 0.3 is 6.03 Å². The minimum absolute atomic E-state index is 0.0372. The molecule has 7 heteroatoms. The van der Waals surface area contributed by atoms with Gasteiger partial charge in [0, 0.05) is 29.6 Å². The number of hydrogen-bond donors (Lipinski definition) is 2. The molecule has 2 fully saturated rings. The predicted octanol–water partition coefficient (Wildman–Crippen LogP) is 3.65. The molecule has 1 aliphatic carbocycles. The second-order valence-corrected chi connectivity index (χ2v) is 8.54. The Morgan fingerprint density at radius 3 is 2.28 bits per heavy atom. The number of ketones is 1. The minimum atomic E-state index is -1.16. The van der Waals surface area contributed by atoms with Gasteiger partial charge in [-0.2, -0.15) is 0 Å². The van der Waals surface area contributed by atoms with E-state index in [1.165, 1.54) is 4.90 Å². The summed E-state index contributed by atoms with van der Waals surface area (Å²) in [5.41, 5.74) is 7.54. The number of carbonyl (C=O) groups excluding carboxylic acids is 4. The van der Waals surface area contributed by atoms with Crippen molar-refractivity contribution in [1.29, 1.82) is 0 Å². The number of carbonyl (C=O) groups is 4. The fourth-order valence-electron chi connectivity index (χ4n) is 4.76. The summed E-state index contributed by atoms with van der Waals surface area (Å²) in [4.78, 5) is 53.4. The minimum Gasteiger partial charge on any atom is -0.399 e. The molecule has 3 N–H and O–H groups in total. The number of benzene rings is 2. The molecular weight excluding hydrogens is 406 g/mol. The highest BCUT2D eigenvalue weighted by molar-refractivity contribution is 6.17. The molecule has 0 radical (unpaired) electrons. The Morgan fingerprint density at radius 1 is 0.969 bits per heavy atom. The van der Waals surface area contributed by atoms with Crippen molar-refractivity contribution in [2.75, 3.05) is 5.73 Å². The number of urea groups is 1. The van der Waals surface area contributed by atoms with E-state index in [0.717, 1.165) is 32.1 Å². The highest BCUT2D eigenvalue weighted by atomic mass is 16.2. The molecule has 4 amide bonds. The van der Waals surface area contributed by atoms with Crippen molar-refractivity contribution < 1.29 is 19.2 Å². The monoisotopic (exact) mass is 433 g/mol. The molecule has 1 saturated heterocycles. The summed E-state index contributed by atoms with van der Waals surface area (Å²) < 4.78 is 0. The standard InChI is InChI=1S/C25H27N3O4/c26-18-13-11-16(12-14-18)20(15-21(29)17-7-3-1-4-8-17)22-23(30)27-25(32)28(24(22)31)19-9-5-2-6-10-19/h1,3-4,7-8,11-14,19-20,22H,2,5-6,9-10,15,26H2,(H,27,30,32). The highest BCUT2D eigenvalue weighted by Gasteiger charge is 2.48. The van der Waals surface area contributed by atoms with E-state index in [2.05, 4.69) is 5.32 Å². The average Bonchev–Trinajstić information content (AvgIpc) is 2.80. The molecule has 2 aromatic carbocycles. The van der Waals surface area contributed by atoms with E-state index in [-0.39, 0.29) is 18.2 Å². The Bertz CT molecular complexity index is 1010. The van der Waals surface area contributed by atoms with Crippen LogP contribution in [0.2, 0.25) is 0 Å². The Balaban J connectivity index is 1.69. The number of nitrogen functional groups attached to an aromatic ring is 1. The van der Waals surface area contributed by atoms with Gasteiger partial charge in [-0.3, -0.25) is 24.6 Å². The summed E-state index contributed by atoms with van der Waals surface area (Å²) in [6.07, 6.45) is 4.38. The van der Waals surface area contributed by atoms with E-state index < -0.39 is 29.7 Å². The van der Waals surface area contributed by atoms with Crippen LogP contribution in [0.1, 0.15) is 60.4 Å². The lowest BCUT2D eigenvalue weighted by molar-refractivity contribution is -0.145. The van der Waals surface area contributed by atoms with E-state index in [4.69, 9.17) is 5.73 Å². The van der Waals surface area contributed by atoms with Crippen molar-refractivity contribution in [3.8, 4) is 0 Å². The van der Waals surface area contributed by atoms with Gasteiger partial charge in [-0.1, -0.05) is 61.7 Å². The Kier molecular flexibility index (Phi) is 6.35. The maximum absolute atomic E-state index is 13.6. The van der Waals surface area contributed by atoms with Crippen molar-refractivity contribution in [2.24, 2.45) is 5.92 Å². The summed E-state index contributed by atoms with van der Waals surface area (Å²) in [5, 5.41) is 2.37. The van der Waals surface area contributed by atoms with Gasteiger partial charge in [-0.15, -0.1) is 0 Å². The number of amides is 4. The molecule has 2 aliphatic rings. The molecule has 32 heavy (non-hydrogen) atoms. The van der Waals surface area contributed by atoms with E-state index in [9.17, 15) is 19.2 Å². The lowest BCUT2D eigenvalue weighted by atomic mass is 9.78. The predicted molar refractivity (Wildman–Crippen MR) is 120 cm³/mol. The first-order valence-electron chi connectivity index (χ1n) is 11.1. The van der Waals surface area contributed by atoms with Crippen molar-refractivity contribution in [2.45, 2.75) is 50.5 Å². The van der Waals surface area contributed by atoms with Crippen LogP contribution in [0.15, 0.2) is 54.6 Å². The number of nitrogens with zero attached hydrogens (tertiary/aromatic N) is 1. The third kappa shape index (κ3) is 4.42. The number of nitrogens with one attached hydrogen (secondary N) is 1. The van der Waals surface area contributed by atoms with E-state index in [1.807, 2.05) is 6.07 Å². The second-order valence-electron chi connectivity index (χ2n) is 8.54. The quantitative estimate of drug-likeness (QED) is 0.410. The summed E-state index contributed by atoms with van der Waals surface area (Å²) in [6, 6.07) is 14.7. The van der Waals surface area contributed by atoms with Crippen molar-refractivity contribution in [3.63, 3.8) is 0 Å². The largest absolute Gasteiger partial charge is 0.399 e. The maximum Gasteiger partial charge on any atom is 0.331 e. The van der Waals surface area contributed by atoms with Gasteiger partial charge in [0.1, 0.15) is 5.92 Å². The van der Waals surface area contributed by atoms with Gasteiger partial charge in [0.15, 0.2) is 5.78 Å². The molecule has 7 nitrogen and oxygen atoms in total. The van der Waals surface area contributed by atoms with Crippen LogP contribution in [0.5, 0.6) is 0 Å². The first kappa shape index (κ1) is 21.7. The zero-order valence-electron chi connectivity index (χ0n) is 17.8. The molecular formula is C25H27N3O4. The number of anilines is 1. The zero-order valence-corrected chi connectivity index (χ0v) is 17.8. The molecule has 2 aromatic rings. The average molecular weight is 434 g/mol. The van der Waals surface area contributed by atoms with Crippen LogP contribution in [0.3, 0.4) is 0 Å². The van der Waals surface area contributed by atoms with Gasteiger partial charge in [0.25, 0.3) is 0 Å². The third-order valence-corrected chi connectivity index (χ3v) is 6.44. The maximum atomic E-state index is 13.6. The normalized spacial score (nSPS) is 20.7. The van der Waals surface area contributed by atoms with Gasteiger partial charge in [-0.05, 0) is 30.5 Å². The first-order valence-corrected chi connectivity index (χ1v) is 11.1. The summed E-state index contributed by atoms with van der Waals surface area (Å²) >= 11 is 0. The topological polar surface area (TPSA) is 110 Å². The third-order valence-electron chi connectivity index (χ3n) is 6.44. The van der Waals surface area contributed by atoms with Crippen LogP contribution in [-0.4, -0.2) is 34.6 Å². The van der Waals surface area contributed by atoms with E-state index >= 15 is 0 Å². The Hall–Kier alpha value is -3.48. The van der Waals surface area contributed by atoms with Crippen LogP contribution in [0.4, 0.5) is 10.5 Å². The number of hydrogen-bond acceptors (Lipinski definition) is 5. The molecule has 4 rings (SSSR count). The van der Waals surface area contributed by atoms with Crippen LogP contribution in [0.25, 0.3) is 0 Å². The SMILES string of the molecule is Nc1ccc(C(CC(=O)c2ccccc2)C2C(=O)NC(=O)N(C3CCCCC3)C2=O)cc1. The molecule has 2 atom stereocenters. The molecule has 0 spiro atoms. The number of barbiturate groups is 1. The molecule has 166 valence electrons. The summed E-state index contributed by atoms with van der Waals surface area (Å²) in [7, 11) is 0. The fraction of sp³-hybridized carbons (Fsp3) is 0.360. The summed E-state index contributed by atoms with van der Waals surface area (Å²) in [5.74, 6) is -3.22. The van der Waals surface area contributed by atoms with Gasteiger partial charge in [0.2, 0.25) is 11.8 Å². The van der Waals surface area contributed by atoms with Gasteiger partial charge in [0.05, 0.1) is 0 Å². The fourth-order valence-corrected chi connectivity index (χ4v) is 4.76. The van der Waals surface area contributed by atoms with Crippen molar-refractivity contribution in [1.82, 2.24) is 10.2 Å². The smallest absolute Gasteiger partial charge is 0.331 e. The molecule has 2 unspecified atom stereocenters. The number of rotatable bonds is 6. The van der Waals surface area contributed by atoms with Gasteiger partial charge in [-0.25, -0.2) is 4.79 Å². The summed E-state index contributed by atoms with van der Waals surface area (Å²) in [6.45, 7) is 0.